The Balaban J connectivity index is 2.15. The Labute approximate surface area is 89.1 Å². The summed E-state index contributed by atoms with van der Waals surface area (Å²) in [6.07, 6.45) is 1.96. The fraction of sp³-hybridized carbons (Fsp3) is 0.700. The van der Waals surface area contributed by atoms with Gasteiger partial charge in [0.2, 0.25) is 0 Å². The monoisotopic (exact) mass is 211 g/mol. The maximum Gasteiger partial charge on any atom is 0.185 e. The van der Waals surface area contributed by atoms with Gasteiger partial charge in [-0.25, -0.2) is 4.98 Å². The Hall–Kier alpha value is -0.610. The fourth-order valence-corrected chi connectivity index (χ4v) is 2.63. The van der Waals surface area contributed by atoms with E-state index in [1.807, 2.05) is 6.20 Å². The van der Waals surface area contributed by atoms with Gasteiger partial charge in [-0.15, -0.1) is 11.3 Å². The molecular formula is C10H17N3S. The molecule has 0 saturated carbocycles. The number of anilines is 1. The van der Waals surface area contributed by atoms with Gasteiger partial charge in [0.15, 0.2) is 5.13 Å². The minimum atomic E-state index is 0.553. The number of hydrogen-bond donors (Lipinski definition) is 1. The molecule has 1 aromatic rings. The molecule has 0 aliphatic carbocycles. The molecule has 4 heteroatoms. The third-order valence-electron chi connectivity index (χ3n) is 2.62. The average Bonchev–Trinajstić information content (AvgIpc) is 2.56. The van der Waals surface area contributed by atoms with Crippen molar-refractivity contribution in [3.8, 4) is 0 Å². The van der Waals surface area contributed by atoms with E-state index in [0.717, 1.165) is 13.1 Å². The summed E-state index contributed by atoms with van der Waals surface area (Å²) in [6.45, 7) is 8.69. The van der Waals surface area contributed by atoms with Gasteiger partial charge in [-0.2, -0.15) is 0 Å². The van der Waals surface area contributed by atoms with Gasteiger partial charge < -0.3 is 10.2 Å². The van der Waals surface area contributed by atoms with Crippen LogP contribution in [0.3, 0.4) is 0 Å². The van der Waals surface area contributed by atoms with Crippen LogP contribution in [0.1, 0.15) is 18.7 Å². The quantitative estimate of drug-likeness (QED) is 0.765. The van der Waals surface area contributed by atoms with E-state index < -0.39 is 0 Å². The molecule has 0 amide bonds. The summed E-state index contributed by atoms with van der Waals surface area (Å²) >= 11 is 1.79. The number of thiazole rings is 1. The number of hydrogen-bond acceptors (Lipinski definition) is 4. The minimum Gasteiger partial charge on any atom is -0.343 e. The first-order valence-corrected chi connectivity index (χ1v) is 5.91. The molecular weight excluding hydrogens is 194 g/mol. The van der Waals surface area contributed by atoms with Gasteiger partial charge in [-0.1, -0.05) is 0 Å². The Bertz CT molecular complexity index is 310. The molecule has 1 saturated heterocycles. The number of piperazine rings is 1. The van der Waals surface area contributed by atoms with Crippen molar-refractivity contribution >= 4 is 16.5 Å². The Morgan fingerprint density at radius 3 is 3.00 bits per heavy atom. The van der Waals surface area contributed by atoms with Gasteiger partial charge in [0.1, 0.15) is 0 Å². The van der Waals surface area contributed by atoms with E-state index in [9.17, 15) is 0 Å². The van der Waals surface area contributed by atoms with E-state index in [2.05, 4.69) is 36.0 Å². The van der Waals surface area contributed by atoms with E-state index in [1.165, 1.54) is 10.0 Å². The molecule has 2 rings (SSSR count). The average molecular weight is 211 g/mol. The SMILES string of the molecule is Cc1cnc(N2CC(C)NCC2C)s1. The van der Waals surface area contributed by atoms with Crippen molar-refractivity contribution in [3.63, 3.8) is 0 Å². The summed E-state index contributed by atoms with van der Waals surface area (Å²) in [7, 11) is 0. The largest absolute Gasteiger partial charge is 0.343 e. The lowest BCUT2D eigenvalue weighted by Crippen LogP contribution is -2.54. The van der Waals surface area contributed by atoms with E-state index >= 15 is 0 Å². The molecule has 2 unspecified atom stereocenters. The van der Waals surface area contributed by atoms with Crippen molar-refractivity contribution in [3.05, 3.63) is 11.1 Å². The third-order valence-corrected chi connectivity index (χ3v) is 3.57. The topological polar surface area (TPSA) is 28.2 Å². The van der Waals surface area contributed by atoms with Gasteiger partial charge in [0.25, 0.3) is 0 Å². The van der Waals surface area contributed by atoms with Crippen molar-refractivity contribution in [1.29, 1.82) is 0 Å². The molecule has 1 aliphatic rings. The molecule has 3 nitrogen and oxygen atoms in total. The van der Waals surface area contributed by atoms with E-state index in [4.69, 9.17) is 0 Å². The lowest BCUT2D eigenvalue weighted by Gasteiger charge is -2.37. The number of nitrogens with one attached hydrogen (secondary N) is 1. The van der Waals surface area contributed by atoms with Crippen LogP contribution in [0.2, 0.25) is 0 Å². The van der Waals surface area contributed by atoms with E-state index in [1.54, 1.807) is 11.3 Å². The van der Waals surface area contributed by atoms with Crippen LogP contribution in [0.15, 0.2) is 6.20 Å². The van der Waals surface area contributed by atoms with Crippen molar-refractivity contribution in [1.82, 2.24) is 10.3 Å². The van der Waals surface area contributed by atoms with Crippen molar-refractivity contribution in [2.45, 2.75) is 32.9 Å². The van der Waals surface area contributed by atoms with Crippen molar-refractivity contribution in [2.24, 2.45) is 0 Å². The first-order chi connectivity index (χ1) is 6.66. The Kier molecular flexibility index (Phi) is 2.74. The zero-order valence-corrected chi connectivity index (χ0v) is 9.77. The Morgan fingerprint density at radius 2 is 2.36 bits per heavy atom. The van der Waals surface area contributed by atoms with Crippen LogP contribution in [0, 0.1) is 6.92 Å². The molecule has 0 radical (unpaired) electrons. The third kappa shape index (κ3) is 1.91. The molecule has 1 aliphatic heterocycles. The van der Waals surface area contributed by atoms with Crippen molar-refractivity contribution < 1.29 is 0 Å². The second-order valence-corrected chi connectivity index (χ2v) is 5.28. The van der Waals surface area contributed by atoms with Crippen LogP contribution in [0.25, 0.3) is 0 Å². The van der Waals surface area contributed by atoms with Crippen molar-refractivity contribution in [2.75, 3.05) is 18.0 Å². The highest BCUT2D eigenvalue weighted by Gasteiger charge is 2.24. The lowest BCUT2D eigenvalue weighted by atomic mass is 10.1. The maximum absolute atomic E-state index is 4.44. The van der Waals surface area contributed by atoms with Crippen LogP contribution in [-0.2, 0) is 0 Å². The number of rotatable bonds is 1. The molecule has 78 valence electrons. The summed E-state index contributed by atoms with van der Waals surface area (Å²) in [6, 6.07) is 1.12. The zero-order valence-electron chi connectivity index (χ0n) is 8.95. The molecule has 1 aromatic heterocycles. The normalized spacial score (nSPS) is 28.1. The molecule has 1 fully saturated rings. The fourth-order valence-electron chi connectivity index (χ4n) is 1.76. The maximum atomic E-state index is 4.44. The first-order valence-electron chi connectivity index (χ1n) is 5.09. The van der Waals surface area contributed by atoms with Crippen LogP contribution in [0.5, 0.6) is 0 Å². The molecule has 0 spiro atoms. The highest BCUT2D eigenvalue weighted by atomic mass is 32.1. The highest BCUT2D eigenvalue weighted by Crippen LogP contribution is 2.24. The van der Waals surface area contributed by atoms with Gasteiger partial charge in [-0.3, -0.25) is 0 Å². The second-order valence-electron chi connectivity index (χ2n) is 4.06. The predicted molar refractivity (Wildman–Crippen MR) is 61.1 cm³/mol. The van der Waals surface area contributed by atoms with E-state index in [-0.39, 0.29) is 0 Å². The molecule has 0 bridgehead atoms. The van der Waals surface area contributed by atoms with Crippen LogP contribution < -0.4 is 10.2 Å². The zero-order chi connectivity index (χ0) is 10.1. The summed E-state index contributed by atoms with van der Waals surface area (Å²) in [4.78, 5) is 8.13. The predicted octanol–water partition coefficient (Wildman–Crippen LogP) is 1.64. The summed E-state index contributed by atoms with van der Waals surface area (Å²) in [5.74, 6) is 0. The Morgan fingerprint density at radius 1 is 1.57 bits per heavy atom. The van der Waals surface area contributed by atoms with Gasteiger partial charge in [0, 0.05) is 36.2 Å². The summed E-state index contributed by atoms with van der Waals surface area (Å²) in [5, 5.41) is 4.64. The first kappa shape index (κ1) is 9.93. The summed E-state index contributed by atoms with van der Waals surface area (Å²) in [5.41, 5.74) is 0. The molecule has 1 N–H and O–H groups in total. The molecule has 14 heavy (non-hydrogen) atoms. The molecule has 0 aromatic carbocycles. The smallest absolute Gasteiger partial charge is 0.185 e. The number of aromatic nitrogens is 1. The molecule has 2 atom stereocenters. The number of aryl methyl sites for hydroxylation is 1. The van der Waals surface area contributed by atoms with Gasteiger partial charge in [0.05, 0.1) is 0 Å². The van der Waals surface area contributed by atoms with Crippen LogP contribution >= 0.6 is 11.3 Å². The minimum absolute atomic E-state index is 0.553. The highest BCUT2D eigenvalue weighted by molar-refractivity contribution is 7.15. The van der Waals surface area contributed by atoms with E-state index in [0.29, 0.717) is 12.1 Å². The van der Waals surface area contributed by atoms with Gasteiger partial charge in [-0.05, 0) is 20.8 Å². The standard InChI is InChI=1S/C10H17N3S/c1-7-6-13(8(2)4-11-7)10-12-5-9(3)14-10/h5,7-8,11H,4,6H2,1-3H3. The molecule has 2 heterocycles. The second kappa shape index (κ2) is 3.87. The van der Waals surface area contributed by atoms with Crippen LogP contribution in [-0.4, -0.2) is 30.2 Å². The lowest BCUT2D eigenvalue weighted by molar-refractivity contribution is 0.425. The summed E-state index contributed by atoms with van der Waals surface area (Å²) < 4.78 is 0. The van der Waals surface area contributed by atoms with Crippen LogP contribution in [0.4, 0.5) is 5.13 Å². The van der Waals surface area contributed by atoms with Gasteiger partial charge >= 0.3 is 0 Å². The number of nitrogens with zero attached hydrogens (tertiary/aromatic N) is 2.